The van der Waals surface area contributed by atoms with Gasteiger partial charge in [0.15, 0.2) is 0 Å². The minimum atomic E-state index is 0.115. The van der Waals surface area contributed by atoms with Crippen LogP contribution in [0.25, 0.3) is 11.0 Å². The van der Waals surface area contributed by atoms with Crippen LogP contribution in [-0.4, -0.2) is 21.9 Å². The first-order valence-corrected chi connectivity index (χ1v) is 7.67. The summed E-state index contributed by atoms with van der Waals surface area (Å²) in [5, 5.41) is 4.02. The molecule has 0 aromatic carbocycles. The molecule has 21 heavy (non-hydrogen) atoms. The number of nitrogens with two attached hydrogens (primary N) is 1. The molecule has 2 heterocycles. The maximum atomic E-state index is 12.4. The first kappa shape index (κ1) is 12.8. The summed E-state index contributed by atoms with van der Waals surface area (Å²) in [5.41, 5.74) is 7.00. The van der Waals surface area contributed by atoms with E-state index < -0.39 is 0 Å². The number of hydrogen-bond donors (Lipinski definition) is 3. The Hall–Kier alpha value is -1.88. The van der Waals surface area contributed by atoms with Crippen molar-refractivity contribution < 1.29 is 4.79 Å². The summed E-state index contributed by atoms with van der Waals surface area (Å²) < 4.78 is 0. The minimum Gasteiger partial charge on any atom is -0.346 e. The fourth-order valence-electron chi connectivity index (χ4n) is 3.70. The number of carbonyl (C=O) groups excluding carboxylic acids is 1. The first-order chi connectivity index (χ1) is 10.2. The Labute approximate surface area is 123 Å². The van der Waals surface area contributed by atoms with E-state index in [0.717, 1.165) is 43.1 Å². The van der Waals surface area contributed by atoms with Crippen molar-refractivity contribution in [2.24, 2.45) is 17.1 Å². The number of nitrogens with one attached hydrogen (secondary N) is 2. The molecule has 1 unspecified atom stereocenters. The van der Waals surface area contributed by atoms with E-state index in [1.807, 2.05) is 24.4 Å². The van der Waals surface area contributed by atoms with E-state index in [2.05, 4.69) is 15.3 Å². The number of carbonyl (C=O) groups is 1. The van der Waals surface area contributed by atoms with Gasteiger partial charge in [0.2, 0.25) is 5.91 Å². The maximum absolute atomic E-state index is 12.4. The van der Waals surface area contributed by atoms with E-state index in [9.17, 15) is 4.79 Å². The van der Waals surface area contributed by atoms with Crippen molar-refractivity contribution in [1.29, 1.82) is 0 Å². The number of aromatic nitrogens is 2. The van der Waals surface area contributed by atoms with Crippen molar-refractivity contribution in [2.75, 3.05) is 5.32 Å². The number of H-pyrrole nitrogens is 1. The molecule has 110 valence electrons. The van der Waals surface area contributed by atoms with Crippen molar-refractivity contribution in [3.05, 3.63) is 24.4 Å². The normalized spacial score (nSPS) is 31.5. The number of aromatic amines is 1. The van der Waals surface area contributed by atoms with Gasteiger partial charge >= 0.3 is 0 Å². The number of pyridine rings is 1. The summed E-state index contributed by atoms with van der Waals surface area (Å²) >= 11 is 0. The predicted octanol–water partition coefficient (Wildman–Crippen LogP) is 2.41. The zero-order chi connectivity index (χ0) is 14.4. The standard InChI is InChI=1S/C16H20N4O/c17-11-3-6-16(7-4-11)9-12(16)15(21)20-13-2-1-10-5-8-18-14(10)19-13/h1-2,5,8,11-12H,3-4,6-7,9,17H2,(H2,18,19,20,21). The van der Waals surface area contributed by atoms with Crippen molar-refractivity contribution >= 4 is 22.8 Å². The van der Waals surface area contributed by atoms with E-state index >= 15 is 0 Å². The number of fused-ring (bicyclic) bond motifs is 1. The maximum Gasteiger partial charge on any atom is 0.229 e. The van der Waals surface area contributed by atoms with E-state index in [1.54, 1.807) is 0 Å². The van der Waals surface area contributed by atoms with Crippen molar-refractivity contribution in [3.63, 3.8) is 0 Å². The van der Waals surface area contributed by atoms with Gasteiger partial charge in [-0.2, -0.15) is 0 Å². The van der Waals surface area contributed by atoms with Gasteiger partial charge in [0.25, 0.3) is 0 Å². The summed E-state index contributed by atoms with van der Waals surface area (Å²) in [6.07, 6.45) is 7.15. The molecule has 2 aromatic heterocycles. The summed E-state index contributed by atoms with van der Waals surface area (Å²) in [6.45, 7) is 0. The SMILES string of the molecule is NC1CCC2(CC1)CC2C(=O)Nc1ccc2cc[nH]c2n1. The van der Waals surface area contributed by atoms with Gasteiger partial charge in [0, 0.05) is 23.5 Å². The lowest BCUT2D eigenvalue weighted by Gasteiger charge is -2.26. The molecule has 2 saturated carbocycles. The van der Waals surface area contributed by atoms with Crippen LogP contribution >= 0.6 is 0 Å². The van der Waals surface area contributed by atoms with Gasteiger partial charge in [0.05, 0.1) is 0 Å². The Balaban J connectivity index is 1.44. The van der Waals surface area contributed by atoms with Crippen molar-refractivity contribution in [3.8, 4) is 0 Å². The molecule has 4 rings (SSSR count). The molecule has 0 radical (unpaired) electrons. The molecule has 0 aliphatic heterocycles. The molecular weight excluding hydrogens is 264 g/mol. The van der Waals surface area contributed by atoms with E-state index in [1.165, 1.54) is 0 Å². The largest absolute Gasteiger partial charge is 0.346 e. The summed E-state index contributed by atoms with van der Waals surface area (Å²) in [6, 6.07) is 6.13. The van der Waals surface area contributed by atoms with E-state index in [4.69, 9.17) is 5.73 Å². The molecule has 2 aliphatic carbocycles. The predicted molar refractivity (Wildman–Crippen MR) is 81.7 cm³/mol. The van der Waals surface area contributed by atoms with Crippen LogP contribution in [0.1, 0.15) is 32.1 Å². The van der Waals surface area contributed by atoms with Crippen LogP contribution in [0.3, 0.4) is 0 Å². The molecule has 1 spiro atoms. The smallest absolute Gasteiger partial charge is 0.229 e. The molecule has 4 N–H and O–H groups in total. The fourth-order valence-corrected chi connectivity index (χ4v) is 3.70. The lowest BCUT2D eigenvalue weighted by atomic mass is 9.82. The lowest BCUT2D eigenvalue weighted by molar-refractivity contribution is -0.118. The molecule has 1 amide bonds. The lowest BCUT2D eigenvalue weighted by Crippen LogP contribution is -2.29. The van der Waals surface area contributed by atoms with Crippen LogP contribution in [0.4, 0.5) is 5.82 Å². The second-order valence-electron chi connectivity index (χ2n) is 6.56. The monoisotopic (exact) mass is 284 g/mol. The molecule has 0 saturated heterocycles. The highest BCUT2D eigenvalue weighted by molar-refractivity contribution is 5.95. The number of nitrogens with zero attached hydrogens (tertiary/aromatic N) is 1. The van der Waals surface area contributed by atoms with Crippen LogP contribution in [-0.2, 0) is 4.79 Å². The molecule has 2 aromatic rings. The Morgan fingerprint density at radius 3 is 2.95 bits per heavy atom. The molecule has 1 atom stereocenters. The Morgan fingerprint density at radius 2 is 2.14 bits per heavy atom. The fraction of sp³-hybridized carbons (Fsp3) is 0.500. The zero-order valence-electron chi connectivity index (χ0n) is 11.9. The van der Waals surface area contributed by atoms with Crippen LogP contribution in [0.5, 0.6) is 0 Å². The molecule has 5 heteroatoms. The molecule has 0 bridgehead atoms. The number of anilines is 1. The van der Waals surface area contributed by atoms with E-state index in [-0.39, 0.29) is 17.2 Å². The second kappa shape index (κ2) is 4.56. The number of amides is 1. The van der Waals surface area contributed by atoms with Crippen LogP contribution in [0.15, 0.2) is 24.4 Å². The average molecular weight is 284 g/mol. The zero-order valence-corrected chi connectivity index (χ0v) is 11.9. The van der Waals surface area contributed by atoms with Gasteiger partial charge < -0.3 is 16.0 Å². The van der Waals surface area contributed by atoms with Crippen LogP contribution in [0.2, 0.25) is 0 Å². The molecule has 5 nitrogen and oxygen atoms in total. The van der Waals surface area contributed by atoms with Gasteiger partial charge in [-0.1, -0.05) is 0 Å². The number of rotatable bonds is 2. The topological polar surface area (TPSA) is 83.8 Å². The second-order valence-corrected chi connectivity index (χ2v) is 6.56. The third-order valence-corrected chi connectivity index (χ3v) is 5.19. The summed E-state index contributed by atoms with van der Waals surface area (Å²) in [7, 11) is 0. The van der Waals surface area contributed by atoms with Crippen molar-refractivity contribution in [1.82, 2.24) is 9.97 Å². The van der Waals surface area contributed by atoms with Crippen LogP contribution in [0, 0.1) is 11.3 Å². The highest BCUT2D eigenvalue weighted by atomic mass is 16.2. The first-order valence-electron chi connectivity index (χ1n) is 7.67. The number of hydrogen-bond acceptors (Lipinski definition) is 3. The third kappa shape index (κ3) is 2.21. The molecular formula is C16H20N4O. The van der Waals surface area contributed by atoms with E-state index in [0.29, 0.717) is 11.9 Å². The molecule has 2 fully saturated rings. The third-order valence-electron chi connectivity index (χ3n) is 5.19. The minimum absolute atomic E-state index is 0.115. The highest BCUT2D eigenvalue weighted by Gasteiger charge is 2.58. The van der Waals surface area contributed by atoms with Gasteiger partial charge in [-0.15, -0.1) is 0 Å². The van der Waals surface area contributed by atoms with Gasteiger partial charge in [-0.25, -0.2) is 4.98 Å². The van der Waals surface area contributed by atoms with Gasteiger partial charge in [0.1, 0.15) is 11.5 Å². The molecule has 2 aliphatic rings. The summed E-state index contributed by atoms with van der Waals surface area (Å²) in [4.78, 5) is 19.9. The summed E-state index contributed by atoms with van der Waals surface area (Å²) in [5.74, 6) is 0.888. The average Bonchev–Trinajstić information content (AvgIpc) is 2.98. The highest BCUT2D eigenvalue weighted by Crippen LogP contribution is 2.61. The van der Waals surface area contributed by atoms with Gasteiger partial charge in [-0.05, 0) is 55.7 Å². The van der Waals surface area contributed by atoms with Crippen LogP contribution < -0.4 is 11.1 Å². The van der Waals surface area contributed by atoms with Crippen molar-refractivity contribution in [2.45, 2.75) is 38.1 Å². The Morgan fingerprint density at radius 1 is 1.33 bits per heavy atom. The Kier molecular flexibility index (Phi) is 2.79. The Bertz CT molecular complexity index is 684. The quantitative estimate of drug-likeness (QED) is 0.791. The van der Waals surface area contributed by atoms with Gasteiger partial charge in [-0.3, -0.25) is 4.79 Å².